The average molecular weight is 257 g/mol. The van der Waals surface area contributed by atoms with E-state index in [0.29, 0.717) is 6.54 Å². The quantitative estimate of drug-likeness (QED) is 0.871. The number of nitrogens with one attached hydrogen (secondary N) is 1. The summed E-state index contributed by atoms with van der Waals surface area (Å²) in [5.74, 6) is -0.184. The van der Waals surface area contributed by atoms with Crippen molar-refractivity contribution in [1.82, 2.24) is 5.32 Å². The minimum absolute atomic E-state index is 0.184. The summed E-state index contributed by atoms with van der Waals surface area (Å²) in [5, 5.41) is 3.11. The van der Waals surface area contributed by atoms with E-state index in [1.165, 1.54) is 28.3 Å². The second kappa shape index (κ2) is 5.54. The first-order chi connectivity index (χ1) is 9.02. The monoisotopic (exact) mass is 257 g/mol. The summed E-state index contributed by atoms with van der Waals surface area (Å²) in [6.07, 6.45) is 0. The van der Waals surface area contributed by atoms with Gasteiger partial charge < -0.3 is 5.32 Å². The van der Waals surface area contributed by atoms with E-state index in [-0.39, 0.29) is 5.82 Å². The summed E-state index contributed by atoms with van der Waals surface area (Å²) >= 11 is 0. The second-order valence-corrected chi connectivity index (χ2v) is 5.11. The molecule has 1 N–H and O–H groups in total. The van der Waals surface area contributed by atoms with E-state index >= 15 is 0 Å². The summed E-state index contributed by atoms with van der Waals surface area (Å²) in [6.45, 7) is 6.99. The molecule has 2 aromatic carbocycles. The maximum Gasteiger partial charge on any atom is 0.123 e. The van der Waals surface area contributed by atoms with E-state index in [0.717, 1.165) is 11.1 Å². The molecule has 0 aliphatic carbocycles. The fourth-order valence-electron chi connectivity index (χ4n) is 2.75. The van der Waals surface area contributed by atoms with E-state index in [1.54, 1.807) is 6.07 Å². The van der Waals surface area contributed by atoms with Gasteiger partial charge in [0, 0.05) is 6.54 Å². The molecule has 0 amide bonds. The standard InChI is InChI=1S/C17H20FN/c1-11-7-12(2)17(13(3)8-11)16-6-5-15(18)9-14(16)10-19-4/h5-9,19H,10H2,1-4H3. The minimum atomic E-state index is -0.184. The molecule has 0 bridgehead atoms. The summed E-state index contributed by atoms with van der Waals surface area (Å²) in [5.41, 5.74) is 7.07. The van der Waals surface area contributed by atoms with Gasteiger partial charge in [-0.05, 0) is 67.8 Å². The zero-order chi connectivity index (χ0) is 14.0. The molecular formula is C17H20FN. The van der Waals surface area contributed by atoms with Crippen molar-refractivity contribution < 1.29 is 4.39 Å². The van der Waals surface area contributed by atoms with Crippen LogP contribution in [-0.2, 0) is 6.54 Å². The Kier molecular flexibility index (Phi) is 4.01. The molecule has 0 atom stereocenters. The Hall–Kier alpha value is -1.67. The summed E-state index contributed by atoms with van der Waals surface area (Å²) < 4.78 is 13.4. The fraction of sp³-hybridized carbons (Fsp3) is 0.294. The lowest BCUT2D eigenvalue weighted by Gasteiger charge is -2.15. The van der Waals surface area contributed by atoms with Crippen molar-refractivity contribution in [2.24, 2.45) is 0 Å². The van der Waals surface area contributed by atoms with Crippen LogP contribution in [0.1, 0.15) is 22.3 Å². The van der Waals surface area contributed by atoms with Crippen LogP contribution in [0, 0.1) is 26.6 Å². The molecule has 2 heteroatoms. The Balaban J connectivity index is 2.65. The van der Waals surface area contributed by atoms with E-state index < -0.39 is 0 Å². The Labute approximate surface area is 114 Å². The van der Waals surface area contributed by atoms with Crippen molar-refractivity contribution in [2.75, 3.05) is 7.05 Å². The minimum Gasteiger partial charge on any atom is -0.316 e. The van der Waals surface area contributed by atoms with Crippen LogP contribution in [0.25, 0.3) is 11.1 Å². The Morgan fingerprint density at radius 2 is 1.63 bits per heavy atom. The van der Waals surface area contributed by atoms with Crippen molar-refractivity contribution >= 4 is 0 Å². The maximum atomic E-state index is 13.4. The molecule has 0 aliphatic heterocycles. The molecule has 0 aliphatic rings. The van der Waals surface area contributed by atoms with E-state index in [1.807, 2.05) is 13.1 Å². The zero-order valence-electron chi connectivity index (χ0n) is 12.0. The predicted octanol–water partition coefficient (Wildman–Crippen LogP) is 4.14. The highest BCUT2D eigenvalue weighted by molar-refractivity contribution is 5.74. The van der Waals surface area contributed by atoms with Gasteiger partial charge in [-0.15, -0.1) is 0 Å². The van der Waals surface area contributed by atoms with Gasteiger partial charge in [0.1, 0.15) is 5.82 Å². The SMILES string of the molecule is CNCc1cc(F)ccc1-c1c(C)cc(C)cc1C. The first-order valence-corrected chi connectivity index (χ1v) is 6.54. The molecule has 2 rings (SSSR count). The van der Waals surface area contributed by atoms with Crippen molar-refractivity contribution in [3.63, 3.8) is 0 Å². The van der Waals surface area contributed by atoms with Gasteiger partial charge in [-0.2, -0.15) is 0 Å². The first-order valence-electron chi connectivity index (χ1n) is 6.54. The van der Waals surface area contributed by atoms with Crippen molar-refractivity contribution in [3.05, 3.63) is 58.4 Å². The summed E-state index contributed by atoms with van der Waals surface area (Å²) in [7, 11) is 1.88. The summed E-state index contributed by atoms with van der Waals surface area (Å²) in [4.78, 5) is 0. The Bertz CT molecular complexity index is 579. The van der Waals surface area contributed by atoms with Crippen LogP contribution in [0.5, 0.6) is 0 Å². The van der Waals surface area contributed by atoms with Crippen LogP contribution in [0.4, 0.5) is 4.39 Å². The van der Waals surface area contributed by atoms with Crippen LogP contribution < -0.4 is 5.32 Å². The van der Waals surface area contributed by atoms with Crippen molar-refractivity contribution in [1.29, 1.82) is 0 Å². The third-order valence-corrected chi connectivity index (χ3v) is 3.38. The van der Waals surface area contributed by atoms with Gasteiger partial charge in [0.15, 0.2) is 0 Å². The lowest BCUT2D eigenvalue weighted by Crippen LogP contribution is -2.07. The molecule has 0 heterocycles. The van der Waals surface area contributed by atoms with E-state index in [4.69, 9.17) is 0 Å². The number of hydrogen-bond acceptors (Lipinski definition) is 1. The van der Waals surface area contributed by atoms with Gasteiger partial charge in [0.25, 0.3) is 0 Å². The van der Waals surface area contributed by atoms with Gasteiger partial charge in [-0.25, -0.2) is 4.39 Å². The number of benzene rings is 2. The number of aryl methyl sites for hydroxylation is 3. The maximum absolute atomic E-state index is 13.4. The lowest BCUT2D eigenvalue weighted by molar-refractivity contribution is 0.624. The first kappa shape index (κ1) is 13.8. The number of rotatable bonds is 3. The average Bonchev–Trinajstić information content (AvgIpc) is 2.31. The molecule has 0 unspecified atom stereocenters. The van der Waals surface area contributed by atoms with Crippen molar-refractivity contribution in [3.8, 4) is 11.1 Å². The Morgan fingerprint density at radius 3 is 2.21 bits per heavy atom. The van der Waals surface area contributed by atoms with Crippen molar-refractivity contribution in [2.45, 2.75) is 27.3 Å². The molecule has 0 radical (unpaired) electrons. The second-order valence-electron chi connectivity index (χ2n) is 5.11. The van der Waals surface area contributed by atoms with Gasteiger partial charge in [-0.3, -0.25) is 0 Å². The number of hydrogen-bond donors (Lipinski definition) is 1. The normalized spacial score (nSPS) is 10.8. The highest BCUT2D eigenvalue weighted by atomic mass is 19.1. The lowest BCUT2D eigenvalue weighted by atomic mass is 9.91. The molecule has 0 aromatic heterocycles. The van der Waals surface area contributed by atoms with Crippen LogP contribution in [0.3, 0.4) is 0 Å². The smallest absolute Gasteiger partial charge is 0.123 e. The van der Waals surface area contributed by atoms with Gasteiger partial charge in [0.05, 0.1) is 0 Å². The van der Waals surface area contributed by atoms with E-state index in [2.05, 4.69) is 38.2 Å². The highest BCUT2D eigenvalue weighted by Gasteiger charge is 2.11. The third kappa shape index (κ3) is 2.85. The largest absolute Gasteiger partial charge is 0.316 e. The summed E-state index contributed by atoms with van der Waals surface area (Å²) in [6, 6.07) is 9.38. The molecular weight excluding hydrogens is 237 g/mol. The Morgan fingerprint density at radius 1 is 1.00 bits per heavy atom. The molecule has 0 fully saturated rings. The predicted molar refractivity (Wildman–Crippen MR) is 78.8 cm³/mol. The van der Waals surface area contributed by atoms with Crippen LogP contribution in [0.2, 0.25) is 0 Å². The topological polar surface area (TPSA) is 12.0 Å². The molecule has 0 spiro atoms. The van der Waals surface area contributed by atoms with Crippen LogP contribution in [-0.4, -0.2) is 7.05 Å². The molecule has 0 saturated carbocycles. The highest BCUT2D eigenvalue weighted by Crippen LogP contribution is 2.31. The molecule has 2 aromatic rings. The zero-order valence-corrected chi connectivity index (χ0v) is 12.0. The molecule has 19 heavy (non-hydrogen) atoms. The third-order valence-electron chi connectivity index (χ3n) is 3.38. The van der Waals surface area contributed by atoms with Crippen LogP contribution in [0.15, 0.2) is 30.3 Å². The number of halogens is 1. The van der Waals surface area contributed by atoms with Gasteiger partial charge >= 0.3 is 0 Å². The van der Waals surface area contributed by atoms with Gasteiger partial charge in [0.2, 0.25) is 0 Å². The molecule has 1 nitrogen and oxygen atoms in total. The van der Waals surface area contributed by atoms with E-state index in [9.17, 15) is 4.39 Å². The molecule has 0 saturated heterocycles. The van der Waals surface area contributed by atoms with Gasteiger partial charge in [-0.1, -0.05) is 23.8 Å². The fourth-order valence-corrected chi connectivity index (χ4v) is 2.75. The van der Waals surface area contributed by atoms with Crippen LogP contribution >= 0.6 is 0 Å². The molecule has 100 valence electrons.